The lowest BCUT2D eigenvalue weighted by molar-refractivity contribution is 0.0697. The summed E-state index contributed by atoms with van der Waals surface area (Å²) in [6.45, 7) is 4.33. The molecular weight excluding hydrogens is 292 g/mol. The second-order valence-corrected chi connectivity index (χ2v) is 5.51. The van der Waals surface area contributed by atoms with Crippen LogP contribution in [0.4, 0.5) is 0 Å². The molecule has 112 valence electrons. The normalized spacial score (nSPS) is 10.8. The molecule has 0 aliphatic carbocycles. The van der Waals surface area contributed by atoms with Gasteiger partial charge in [0.2, 0.25) is 0 Å². The first-order valence-electron chi connectivity index (χ1n) is 6.43. The number of carboxylic acid groups (broad SMARTS) is 1. The molecule has 0 fully saturated rings. The van der Waals surface area contributed by atoms with Crippen molar-refractivity contribution in [2.75, 3.05) is 13.7 Å². The van der Waals surface area contributed by atoms with Gasteiger partial charge in [-0.05, 0) is 25.5 Å². The van der Waals surface area contributed by atoms with Crippen molar-refractivity contribution in [1.82, 2.24) is 10.3 Å². The minimum Gasteiger partial charge on any atom is -0.477 e. The number of carbonyl (C=O) groups excluding carboxylic acids is 1. The van der Waals surface area contributed by atoms with E-state index in [1.54, 1.807) is 14.0 Å². The van der Waals surface area contributed by atoms with Crippen molar-refractivity contribution in [2.45, 2.75) is 20.5 Å². The van der Waals surface area contributed by atoms with E-state index >= 15 is 0 Å². The highest BCUT2D eigenvalue weighted by atomic mass is 32.1. The summed E-state index contributed by atoms with van der Waals surface area (Å²) in [6.07, 6.45) is 0. The lowest BCUT2D eigenvalue weighted by Crippen LogP contribution is -2.24. The molecule has 2 aromatic heterocycles. The van der Waals surface area contributed by atoms with E-state index in [4.69, 9.17) is 4.74 Å². The molecule has 0 saturated carbocycles. The molecule has 7 heteroatoms. The summed E-state index contributed by atoms with van der Waals surface area (Å²) in [4.78, 5) is 28.6. The highest BCUT2D eigenvalue weighted by Gasteiger charge is 2.25. The molecule has 2 aromatic rings. The summed E-state index contributed by atoms with van der Waals surface area (Å²) in [7, 11) is 1.55. The fourth-order valence-corrected chi connectivity index (χ4v) is 3.30. The summed E-state index contributed by atoms with van der Waals surface area (Å²) < 4.78 is 5.15. The molecule has 1 amide bonds. The highest BCUT2D eigenvalue weighted by molar-refractivity contribution is 7.20. The van der Waals surface area contributed by atoms with Gasteiger partial charge in [-0.2, -0.15) is 0 Å². The molecule has 2 N–H and O–H groups in total. The van der Waals surface area contributed by atoms with Gasteiger partial charge in [0.1, 0.15) is 9.71 Å². The summed E-state index contributed by atoms with van der Waals surface area (Å²) in [5, 5.41) is 12.6. The van der Waals surface area contributed by atoms with Gasteiger partial charge in [0.15, 0.2) is 0 Å². The summed E-state index contributed by atoms with van der Waals surface area (Å²) >= 11 is 1.01. The van der Waals surface area contributed by atoms with Gasteiger partial charge in [0, 0.05) is 24.7 Å². The first-order valence-corrected chi connectivity index (χ1v) is 7.24. The van der Waals surface area contributed by atoms with E-state index in [2.05, 4.69) is 10.3 Å². The molecule has 21 heavy (non-hydrogen) atoms. The van der Waals surface area contributed by atoms with Crippen LogP contribution in [0.15, 0.2) is 6.07 Å². The Labute approximate surface area is 125 Å². The molecule has 2 rings (SSSR count). The fourth-order valence-electron chi connectivity index (χ4n) is 2.20. The molecule has 0 spiro atoms. The van der Waals surface area contributed by atoms with E-state index < -0.39 is 11.9 Å². The third-order valence-electron chi connectivity index (χ3n) is 2.93. The van der Waals surface area contributed by atoms with Gasteiger partial charge in [-0.3, -0.25) is 4.79 Å². The van der Waals surface area contributed by atoms with Crippen LogP contribution in [-0.4, -0.2) is 35.6 Å². The largest absolute Gasteiger partial charge is 0.477 e. The molecule has 0 aliphatic heterocycles. The van der Waals surface area contributed by atoms with Crippen LogP contribution < -0.4 is 5.32 Å². The van der Waals surface area contributed by atoms with E-state index in [1.807, 2.05) is 13.0 Å². The topological polar surface area (TPSA) is 88.5 Å². The number of methoxy groups -OCH3 is 1. The smallest absolute Gasteiger partial charge is 0.346 e. The number of hydrogen-bond acceptors (Lipinski definition) is 5. The number of aromatic carboxylic acids is 1. The maximum Gasteiger partial charge on any atom is 0.346 e. The van der Waals surface area contributed by atoms with Gasteiger partial charge < -0.3 is 15.2 Å². The van der Waals surface area contributed by atoms with Gasteiger partial charge in [-0.15, -0.1) is 11.3 Å². The van der Waals surface area contributed by atoms with Gasteiger partial charge in [0.05, 0.1) is 12.2 Å². The fraction of sp³-hybridized carbons (Fsp3) is 0.357. The lowest BCUT2D eigenvalue weighted by Gasteiger charge is -2.07. The Bertz CT molecular complexity index is 709. The molecular formula is C14H16N2O4S. The molecule has 0 radical (unpaired) electrons. The Kier molecular flexibility index (Phi) is 4.54. The molecule has 0 atom stereocenters. The highest BCUT2D eigenvalue weighted by Crippen LogP contribution is 2.33. The van der Waals surface area contributed by atoms with Crippen molar-refractivity contribution >= 4 is 33.4 Å². The monoisotopic (exact) mass is 308 g/mol. The zero-order valence-corrected chi connectivity index (χ0v) is 12.8. The van der Waals surface area contributed by atoms with Crippen LogP contribution in [0.1, 0.15) is 38.2 Å². The van der Waals surface area contributed by atoms with E-state index in [0.717, 1.165) is 22.6 Å². The molecule has 0 bridgehead atoms. The van der Waals surface area contributed by atoms with Crippen LogP contribution in [0.5, 0.6) is 0 Å². The number of ether oxygens (including phenoxy) is 1. The van der Waals surface area contributed by atoms with Crippen LogP contribution in [-0.2, 0) is 11.3 Å². The van der Waals surface area contributed by atoms with Crippen molar-refractivity contribution in [3.05, 3.63) is 27.8 Å². The number of pyridine rings is 1. The maximum atomic E-state index is 12.3. The van der Waals surface area contributed by atoms with Crippen LogP contribution in [0, 0.1) is 6.92 Å². The van der Waals surface area contributed by atoms with Crippen LogP contribution in [0.25, 0.3) is 10.2 Å². The standard InChI is InChI=1S/C14H16N2O4S/c1-4-15-12(17)10-9-8(6-20-3)5-7(2)16-13(9)21-11(10)14(18)19/h5H,4,6H2,1-3H3,(H,15,17)(H,18,19). The second-order valence-electron chi connectivity index (χ2n) is 4.51. The molecule has 0 aliphatic rings. The number of aromatic nitrogens is 1. The SMILES string of the molecule is CCNC(=O)c1c(C(=O)O)sc2nc(C)cc(COC)c12. The average Bonchev–Trinajstić information content (AvgIpc) is 2.78. The third-order valence-corrected chi connectivity index (χ3v) is 4.00. The predicted molar refractivity (Wildman–Crippen MR) is 80.0 cm³/mol. The van der Waals surface area contributed by atoms with Gasteiger partial charge in [-0.1, -0.05) is 0 Å². The Morgan fingerprint density at radius 3 is 2.76 bits per heavy atom. The number of carboxylic acids is 1. The van der Waals surface area contributed by atoms with Crippen molar-refractivity contribution in [1.29, 1.82) is 0 Å². The van der Waals surface area contributed by atoms with Crippen molar-refractivity contribution in [3.63, 3.8) is 0 Å². The Balaban J connectivity index is 2.79. The first kappa shape index (κ1) is 15.4. The average molecular weight is 308 g/mol. The molecule has 0 unspecified atom stereocenters. The third kappa shape index (κ3) is 2.88. The number of aryl methyl sites for hydroxylation is 1. The van der Waals surface area contributed by atoms with E-state index in [-0.39, 0.29) is 10.4 Å². The number of amides is 1. The maximum absolute atomic E-state index is 12.3. The molecule has 0 aromatic carbocycles. The number of hydrogen-bond donors (Lipinski definition) is 2. The molecule has 0 saturated heterocycles. The minimum absolute atomic E-state index is 0.00593. The quantitative estimate of drug-likeness (QED) is 0.884. The number of fused-ring (bicyclic) bond motifs is 1. The Hall–Kier alpha value is -1.99. The molecule has 2 heterocycles. The number of carbonyl (C=O) groups is 2. The van der Waals surface area contributed by atoms with Gasteiger partial charge in [0.25, 0.3) is 5.91 Å². The van der Waals surface area contributed by atoms with Crippen LogP contribution in [0.2, 0.25) is 0 Å². The number of thiophene rings is 1. The van der Waals surface area contributed by atoms with Crippen molar-refractivity contribution in [2.24, 2.45) is 0 Å². The van der Waals surface area contributed by atoms with Gasteiger partial charge >= 0.3 is 5.97 Å². The number of rotatable bonds is 5. The van der Waals surface area contributed by atoms with Gasteiger partial charge in [-0.25, -0.2) is 9.78 Å². The first-order chi connectivity index (χ1) is 9.99. The van der Waals surface area contributed by atoms with Crippen molar-refractivity contribution in [3.8, 4) is 0 Å². The zero-order chi connectivity index (χ0) is 15.6. The summed E-state index contributed by atoms with van der Waals surface area (Å²) in [6, 6.07) is 1.81. The zero-order valence-electron chi connectivity index (χ0n) is 12.0. The minimum atomic E-state index is -1.12. The number of nitrogens with zero attached hydrogens (tertiary/aromatic N) is 1. The lowest BCUT2D eigenvalue weighted by atomic mass is 10.1. The second kappa shape index (κ2) is 6.19. The van der Waals surface area contributed by atoms with E-state index in [9.17, 15) is 14.7 Å². The summed E-state index contributed by atoms with van der Waals surface area (Å²) in [5.74, 6) is -1.52. The van der Waals surface area contributed by atoms with Crippen LogP contribution in [0.3, 0.4) is 0 Å². The Morgan fingerprint density at radius 1 is 1.48 bits per heavy atom. The van der Waals surface area contributed by atoms with Crippen molar-refractivity contribution < 1.29 is 19.4 Å². The van der Waals surface area contributed by atoms with E-state index in [1.165, 1.54) is 0 Å². The summed E-state index contributed by atoms with van der Waals surface area (Å²) in [5.41, 5.74) is 1.70. The molecule has 6 nitrogen and oxygen atoms in total. The van der Waals surface area contributed by atoms with E-state index in [0.29, 0.717) is 23.4 Å². The van der Waals surface area contributed by atoms with Crippen LogP contribution >= 0.6 is 11.3 Å². The number of nitrogens with one attached hydrogen (secondary N) is 1. The Morgan fingerprint density at radius 2 is 2.19 bits per heavy atom. The predicted octanol–water partition coefficient (Wildman–Crippen LogP) is 2.20.